The number of nitrogens with one attached hydrogen (secondary N) is 2. The lowest BCUT2D eigenvalue weighted by atomic mass is 10.1. The van der Waals surface area contributed by atoms with E-state index in [0.29, 0.717) is 23.1 Å². The molecule has 2 N–H and O–H groups in total. The highest BCUT2D eigenvalue weighted by Crippen LogP contribution is 2.24. The Hall–Kier alpha value is -3.42. The predicted molar refractivity (Wildman–Crippen MR) is 136 cm³/mol. The van der Waals surface area contributed by atoms with Crippen molar-refractivity contribution < 1.29 is 4.79 Å². The number of halogens is 1. The van der Waals surface area contributed by atoms with Gasteiger partial charge in [0.05, 0.1) is 5.69 Å². The number of fused-ring (bicyclic) bond motifs is 1. The van der Waals surface area contributed by atoms with Gasteiger partial charge in [0, 0.05) is 34.9 Å². The summed E-state index contributed by atoms with van der Waals surface area (Å²) >= 11 is 6.17. The molecule has 0 unspecified atom stereocenters. The first-order valence-corrected chi connectivity index (χ1v) is 12.0. The van der Waals surface area contributed by atoms with Gasteiger partial charge >= 0.3 is 0 Å². The number of hydrogen-bond acceptors (Lipinski definition) is 5. The standard InChI is InChI=1S/C26H27ClN6O/c27-21-7-4-6-20(18-21)23-8-5-9-24-30-26(31-33(23)24)29-22-12-10-19(11-13-22)25(34)28-14-17-32-15-2-1-3-16-32/h4-13,18H,1-3,14-17H2,(H,28,34)(H,29,31). The first kappa shape index (κ1) is 22.4. The summed E-state index contributed by atoms with van der Waals surface area (Å²) in [5.74, 6) is 0.425. The molecule has 4 aromatic rings. The summed E-state index contributed by atoms with van der Waals surface area (Å²) in [6.45, 7) is 3.84. The number of likely N-dealkylation sites (tertiary alicyclic amines) is 1. The monoisotopic (exact) mass is 474 g/mol. The third-order valence-electron chi connectivity index (χ3n) is 6.05. The van der Waals surface area contributed by atoms with Crippen LogP contribution in [0.4, 0.5) is 11.6 Å². The average Bonchev–Trinajstić information content (AvgIpc) is 3.27. The quantitative estimate of drug-likeness (QED) is 0.394. The van der Waals surface area contributed by atoms with E-state index in [0.717, 1.165) is 42.2 Å². The molecule has 3 heterocycles. The van der Waals surface area contributed by atoms with Crippen molar-refractivity contribution in [3.05, 3.63) is 77.3 Å². The van der Waals surface area contributed by atoms with E-state index in [4.69, 9.17) is 11.6 Å². The van der Waals surface area contributed by atoms with Crippen molar-refractivity contribution in [1.82, 2.24) is 24.8 Å². The Kier molecular flexibility index (Phi) is 6.74. The summed E-state index contributed by atoms with van der Waals surface area (Å²) in [6, 6.07) is 20.8. The molecule has 8 heteroatoms. The van der Waals surface area contributed by atoms with Crippen LogP contribution in [-0.4, -0.2) is 51.6 Å². The van der Waals surface area contributed by atoms with Gasteiger partial charge in [-0.15, -0.1) is 5.10 Å². The molecule has 1 aliphatic rings. The fourth-order valence-electron chi connectivity index (χ4n) is 4.27. The molecule has 2 aromatic heterocycles. The van der Waals surface area contributed by atoms with E-state index in [9.17, 15) is 4.79 Å². The molecule has 1 aliphatic heterocycles. The molecule has 7 nitrogen and oxygen atoms in total. The van der Waals surface area contributed by atoms with Crippen LogP contribution in [0.1, 0.15) is 29.6 Å². The molecule has 0 saturated carbocycles. The molecule has 34 heavy (non-hydrogen) atoms. The minimum absolute atomic E-state index is 0.0550. The molecule has 1 saturated heterocycles. The largest absolute Gasteiger partial charge is 0.351 e. The number of aromatic nitrogens is 3. The number of amides is 1. The molecule has 5 rings (SSSR count). The van der Waals surface area contributed by atoms with E-state index in [1.54, 1.807) is 4.52 Å². The van der Waals surface area contributed by atoms with Crippen LogP contribution >= 0.6 is 11.6 Å². The Balaban J connectivity index is 1.23. The molecule has 0 spiro atoms. The van der Waals surface area contributed by atoms with Crippen molar-refractivity contribution in [3.63, 3.8) is 0 Å². The van der Waals surface area contributed by atoms with Crippen molar-refractivity contribution in [1.29, 1.82) is 0 Å². The number of nitrogens with zero attached hydrogens (tertiary/aromatic N) is 4. The third kappa shape index (κ3) is 5.21. The van der Waals surface area contributed by atoms with Crippen molar-refractivity contribution in [3.8, 4) is 11.3 Å². The lowest BCUT2D eigenvalue weighted by molar-refractivity contribution is 0.0946. The SMILES string of the molecule is O=C(NCCN1CCCCC1)c1ccc(Nc2nc3cccc(-c4cccc(Cl)c4)n3n2)cc1. The van der Waals surface area contributed by atoms with Gasteiger partial charge in [0.2, 0.25) is 5.95 Å². The van der Waals surface area contributed by atoms with Crippen molar-refractivity contribution >= 4 is 34.8 Å². The second-order valence-corrected chi connectivity index (χ2v) is 8.92. The lowest BCUT2D eigenvalue weighted by Gasteiger charge is -2.26. The van der Waals surface area contributed by atoms with Gasteiger partial charge < -0.3 is 15.5 Å². The Labute approximate surface area is 203 Å². The zero-order valence-corrected chi connectivity index (χ0v) is 19.6. The zero-order valence-electron chi connectivity index (χ0n) is 18.9. The summed E-state index contributed by atoms with van der Waals surface area (Å²) < 4.78 is 1.79. The molecule has 0 bridgehead atoms. The molecule has 0 aliphatic carbocycles. The average molecular weight is 475 g/mol. The summed E-state index contributed by atoms with van der Waals surface area (Å²) in [6.07, 6.45) is 3.83. The summed E-state index contributed by atoms with van der Waals surface area (Å²) in [5.41, 5.74) is 4.03. The molecular formula is C26H27ClN6O. The summed E-state index contributed by atoms with van der Waals surface area (Å²) in [7, 11) is 0. The molecule has 0 radical (unpaired) electrons. The van der Waals surface area contributed by atoms with Gasteiger partial charge in [0.15, 0.2) is 5.65 Å². The number of rotatable bonds is 7. The number of carbonyl (C=O) groups excluding carboxylic acids is 1. The minimum atomic E-state index is -0.0550. The molecule has 174 valence electrons. The fourth-order valence-corrected chi connectivity index (χ4v) is 4.46. The van der Waals surface area contributed by atoms with Gasteiger partial charge in [-0.2, -0.15) is 4.98 Å². The maximum Gasteiger partial charge on any atom is 0.251 e. The van der Waals surface area contributed by atoms with Crippen LogP contribution in [0.15, 0.2) is 66.7 Å². The molecular weight excluding hydrogens is 448 g/mol. The number of benzene rings is 2. The molecule has 2 aromatic carbocycles. The zero-order chi connectivity index (χ0) is 23.3. The molecule has 0 atom stereocenters. The van der Waals surface area contributed by atoms with Crippen LogP contribution in [0.25, 0.3) is 16.9 Å². The van der Waals surface area contributed by atoms with Crippen LogP contribution in [0, 0.1) is 0 Å². The number of hydrogen-bond donors (Lipinski definition) is 2. The first-order valence-electron chi connectivity index (χ1n) is 11.7. The molecule has 1 amide bonds. The van der Waals surface area contributed by atoms with E-state index >= 15 is 0 Å². The Morgan fingerprint density at radius 1 is 0.971 bits per heavy atom. The predicted octanol–water partition coefficient (Wildman–Crippen LogP) is 5.01. The van der Waals surface area contributed by atoms with E-state index in [-0.39, 0.29) is 5.91 Å². The summed E-state index contributed by atoms with van der Waals surface area (Å²) in [5, 5.41) is 11.5. The van der Waals surface area contributed by atoms with Gasteiger partial charge in [-0.1, -0.05) is 36.2 Å². The van der Waals surface area contributed by atoms with Crippen LogP contribution in [0.3, 0.4) is 0 Å². The smallest absolute Gasteiger partial charge is 0.251 e. The fraction of sp³-hybridized carbons (Fsp3) is 0.269. The van der Waals surface area contributed by atoms with Crippen LogP contribution in [0.2, 0.25) is 5.02 Å². The van der Waals surface area contributed by atoms with E-state index < -0.39 is 0 Å². The molecule has 1 fully saturated rings. The van der Waals surface area contributed by atoms with E-state index in [1.807, 2.05) is 66.7 Å². The van der Waals surface area contributed by atoms with Crippen molar-refractivity contribution in [2.75, 3.05) is 31.5 Å². The van der Waals surface area contributed by atoms with Crippen molar-refractivity contribution in [2.24, 2.45) is 0 Å². The maximum atomic E-state index is 12.5. The van der Waals surface area contributed by atoms with Crippen LogP contribution in [-0.2, 0) is 0 Å². The highest BCUT2D eigenvalue weighted by molar-refractivity contribution is 6.30. The number of piperidine rings is 1. The van der Waals surface area contributed by atoms with Crippen molar-refractivity contribution in [2.45, 2.75) is 19.3 Å². The van der Waals surface area contributed by atoms with E-state index in [2.05, 4.69) is 25.6 Å². The lowest BCUT2D eigenvalue weighted by Crippen LogP contribution is -2.37. The number of carbonyl (C=O) groups is 1. The normalized spacial score (nSPS) is 14.3. The highest BCUT2D eigenvalue weighted by atomic mass is 35.5. The second-order valence-electron chi connectivity index (χ2n) is 8.49. The second kappa shape index (κ2) is 10.2. The van der Waals surface area contributed by atoms with Gasteiger partial charge in [0.1, 0.15) is 0 Å². The van der Waals surface area contributed by atoms with Gasteiger partial charge in [-0.05, 0) is 74.5 Å². The van der Waals surface area contributed by atoms with Gasteiger partial charge in [0.25, 0.3) is 5.91 Å². The minimum Gasteiger partial charge on any atom is -0.351 e. The van der Waals surface area contributed by atoms with Gasteiger partial charge in [-0.25, -0.2) is 4.52 Å². The topological polar surface area (TPSA) is 74.6 Å². The van der Waals surface area contributed by atoms with E-state index in [1.165, 1.54) is 19.3 Å². The highest BCUT2D eigenvalue weighted by Gasteiger charge is 2.12. The van der Waals surface area contributed by atoms with Gasteiger partial charge in [-0.3, -0.25) is 4.79 Å². The van der Waals surface area contributed by atoms with Crippen LogP contribution < -0.4 is 10.6 Å². The summed E-state index contributed by atoms with van der Waals surface area (Å²) in [4.78, 5) is 19.5. The Morgan fingerprint density at radius 3 is 2.56 bits per heavy atom. The number of anilines is 2. The Bertz CT molecular complexity index is 1280. The van der Waals surface area contributed by atoms with Crippen LogP contribution in [0.5, 0.6) is 0 Å². The number of pyridine rings is 1. The maximum absolute atomic E-state index is 12.5. The third-order valence-corrected chi connectivity index (χ3v) is 6.28. The Morgan fingerprint density at radius 2 is 1.76 bits per heavy atom. The first-order chi connectivity index (χ1) is 16.7.